The number of piperidine rings is 1. The summed E-state index contributed by atoms with van der Waals surface area (Å²) in [6.07, 6.45) is 2.87. The molecule has 2 heterocycles. The van der Waals surface area contributed by atoms with E-state index in [1.165, 1.54) is 6.07 Å². The van der Waals surface area contributed by atoms with Crippen LogP contribution in [0.4, 0.5) is 8.78 Å². The predicted octanol–water partition coefficient (Wildman–Crippen LogP) is 6.17. The van der Waals surface area contributed by atoms with Gasteiger partial charge in [-0.25, -0.2) is 18.1 Å². The number of hydrogen-bond donors (Lipinski definition) is 2. The van der Waals surface area contributed by atoms with Gasteiger partial charge in [-0.1, -0.05) is 25.4 Å². The first-order valence-electron chi connectivity index (χ1n) is 9.91. The van der Waals surface area contributed by atoms with Crippen molar-refractivity contribution in [3.05, 3.63) is 59.3 Å². The molecular formula is C22H24ClF2N3OS. The van der Waals surface area contributed by atoms with Crippen molar-refractivity contribution in [3.8, 4) is 22.6 Å². The fraction of sp³-hybridized carbons (Fsp3) is 0.318. The van der Waals surface area contributed by atoms with Gasteiger partial charge in [0, 0.05) is 29.1 Å². The van der Waals surface area contributed by atoms with E-state index in [4.69, 9.17) is 11.6 Å². The number of nitrogens with zero attached hydrogens (tertiary/aromatic N) is 2. The molecular weight excluding hydrogens is 428 g/mol. The van der Waals surface area contributed by atoms with Crippen molar-refractivity contribution in [2.75, 3.05) is 13.1 Å². The third-order valence-electron chi connectivity index (χ3n) is 4.66. The number of hydrogen-bond acceptors (Lipinski definition) is 4. The zero-order chi connectivity index (χ0) is 21.7. The Morgan fingerprint density at radius 1 is 1.07 bits per heavy atom. The SMILES string of the molecule is CC.OC1CCN(Sc2cc(-c3ncc(-c4ccc(F)c(F)c4)[nH]3)ccc2Cl)CC1. The number of H-pyrrole nitrogens is 1. The fourth-order valence-electron chi connectivity index (χ4n) is 3.07. The van der Waals surface area contributed by atoms with Crippen molar-refractivity contribution in [2.24, 2.45) is 0 Å². The van der Waals surface area contributed by atoms with Crippen molar-refractivity contribution < 1.29 is 13.9 Å². The second-order valence-electron chi connectivity index (χ2n) is 6.67. The van der Waals surface area contributed by atoms with Gasteiger partial charge in [-0.3, -0.25) is 0 Å². The third-order valence-corrected chi connectivity index (χ3v) is 6.26. The average molecular weight is 452 g/mol. The molecule has 2 aromatic carbocycles. The molecule has 0 unspecified atom stereocenters. The monoisotopic (exact) mass is 451 g/mol. The molecule has 0 bridgehead atoms. The first kappa shape index (κ1) is 22.7. The fourth-order valence-corrected chi connectivity index (χ4v) is 4.30. The van der Waals surface area contributed by atoms with E-state index in [1.807, 2.05) is 32.0 Å². The molecule has 1 aliphatic rings. The standard InChI is InChI=1S/C20H18ClF2N3OS.C2H6/c21-15-3-1-13(10-19(15)28-26-7-5-14(27)6-8-26)20-24-11-18(25-20)12-2-4-16(22)17(23)9-12;1-2/h1-4,9-11,14,27H,5-8H2,(H,24,25);1-2H3. The Hall–Kier alpha value is -1.93. The molecule has 4 nitrogen and oxygen atoms in total. The highest BCUT2D eigenvalue weighted by Gasteiger charge is 2.19. The number of rotatable bonds is 4. The second-order valence-corrected chi connectivity index (χ2v) is 8.22. The molecule has 0 atom stereocenters. The summed E-state index contributed by atoms with van der Waals surface area (Å²) >= 11 is 7.93. The Bertz CT molecular complexity index is 990. The van der Waals surface area contributed by atoms with Gasteiger partial charge in [0.05, 0.1) is 23.0 Å². The summed E-state index contributed by atoms with van der Waals surface area (Å²) in [5.74, 6) is -1.16. The number of aromatic nitrogens is 2. The molecule has 4 rings (SSSR count). The molecule has 2 N–H and O–H groups in total. The van der Waals surface area contributed by atoms with E-state index in [-0.39, 0.29) is 6.10 Å². The molecule has 0 radical (unpaired) electrons. The number of imidazole rings is 1. The summed E-state index contributed by atoms with van der Waals surface area (Å²) < 4.78 is 28.8. The number of benzene rings is 2. The lowest BCUT2D eigenvalue weighted by Gasteiger charge is -2.28. The average Bonchev–Trinajstić information content (AvgIpc) is 3.25. The van der Waals surface area contributed by atoms with E-state index in [9.17, 15) is 13.9 Å². The van der Waals surface area contributed by atoms with Gasteiger partial charge in [0.25, 0.3) is 0 Å². The van der Waals surface area contributed by atoms with Gasteiger partial charge in [-0.2, -0.15) is 0 Å². The van der Waals surface area contributed by atoms with Gasteiger partial charge in [0.2, 0.25) is 0 Å². The molecule has 160 valence electrons. The summed E-state index contributed by atoms with van der Waals surface area (Å²) in [5, 5.41) is 10.3. The molecule has 0 aliphatic carbocycles. The van der Waals surface area contributed by atoms with Crippen LogP contribution in [0.2, 0.25) is 5.02 Å². The maximum Gasteiger partial charge on any atom is 0.159 e. The first-order chi connectivity index (χ1) is 14.5. The number of halogens is 3. The Labute approximate surface area is 184 Å². The van der Waals surface area contributed by atoms with E-state index >= 15 is 0 Å². The van der Waals surface area contributed by atoms with Gasteiger partial charge >= 0.3 is 0 Å². The molecule has 0 spiro atoms. The van der Waals surface area contributed by atoms with Crippen LogP contribution in [-0.4, -0.2) is 38.6 Å². The van der Waals surface area contributed by atoms with Crippen molar-refractivity contribution in [1.29, 1.82) is 0 Å². The van der Waals surface area contributed by atoms with Crippen LogP contribution in [0.1, 0.15) is 26.7 Å². The first-order valence-corrected chi connectivity index (χ1v) is 11.1. The van der Waals surface area contributed by atoms with Crippen LogP contribution in [0.15, 0.2) is 47.5 Å². The predicted molar refractivity (Wildman–Crippen MR) is 118 cm³/mol. The van der Waals surface area contributed by atoms with E-state index in [0.717, 1.165) is 48.5 Å². The Morgan fingerprint density at radius 2 is 1.77 bits per heavy atom. The smallest absolute Gasteiger partial charge is 0.159 e. The van der Waals surface area contributed by atoms with Crippen LogP contribution in [0.25, 0.3) is 22.6 Å². The lowest BCUT2D eigenvalue weighted by atomic mass is 10.1. The number of aromatic amines is 1. The normalized spacial score (nSPS) is 15.0. The lowest BCUT2D eigenvalue weighted by molar-refractivity contribution is 0.116. The van der Waals surface area contributed by atoms with E-state index < -0.39 is 11.6 Å². The Morgan fingerprint density at radius 3 is 2.47 bits per heavy atom. The minimum Gasteiger partial charge on any atom is -0.393 e. The number of nitrogens with one attached hydrogen (secondary N) is 1. The molecule has 1 saturated heterocycles. The van der Waals surface area contributed by atoms with Crippen molar-refractivity contribution in [2.45, 2.75) is 37.7 Å². The van der Waals surface area contributed by atoms with Gasteiger partial charge in [-0.15, -0.1) is 0 Å². The van der Waals surface area contributed by atoms with E-state index in [2.05, 4.69) is 14.3 Å². The Kier molecular flexibility index (Phi) is 7.88. The molecule has 1 aliphatic heterocycles. The highest BCUT2D eigenvalue weighted by Crippen LogP contribution is 2.35. The maximum absolute atomic E-state index is 13.5. The minimum absolute atomic E-state index is 0.225. The number of aliphatic hydroxyl groups excluding tert-OH is 1. The minimum atomic E-state index is -0.898. The van der Waals surface area contributed by atoms with Gasteiger partial charge in [0.1, 0.15) is 5.82 Å². The molecule has 1 aromatic heterocycles. The van der Waals surface area contributed by atoms with Crippen LogP contribution in [0, 0.1) is 11.6 Å². The highest BCUT2D eigenvalue weighted by atomic mass is 35.5. The summed E-state index contributed by atoms with van der Waals surface area (Å²) in [7, 11) is 0. The zero-order valence-electron chi connectivity index (χ0n) is 16.8. The Balaban J connectivity index is 0.00000124. The summed E-state index contributed by atoms with van der Waals surface area (Å²) in [6, 6.07) is 9.37. The van der Waals surface area contributed by atoms with Crippen LogP contribution < -0.4 is 0 Å². The van der Waals surface area contributed by atoms with Gasteiger partial charge < -0.3 is 10.1 Å². The second kappa shape index (κ2) is 10.4. The zero-order valence-corrected chi connectivity index (χ0v) is 18.4. The van der Waals surface area contributed by atoms with Crippen LogP contribution in [0.3, 0.4) is 0 Å². The van der Waals surface area contributed by atoms with Crippen LogP contribution in [-0.2, 0) is 0 Å². The molecule has 0 saturated carbocycles. The van der Waals surface area contributed by atoms with Crippen molar-refractivity contribution >= 4 is 23.5 Å². The quantitative estimate of drug-likeness (QED) is 0.466. The van der Waals surface area contributed by atoms with Crippen LogP contribution in [0.5, 0.6) is 0 Å². The lowest BCUT2D eigenvalue weighted by Crippen LogP contribution is -2.31. The third kappa shape index (κ3) is 5.40. The largest absolute Gasteiger partial charge is 0.393 e. The summed E-state index contributed by atoms with van der Waals surface area (Å²) in [4.78, 5) is 8.43. The molecule has 1 fully saturated rings. The molecule has 0 amide bonds. The summed E-state index contributed by atoms with van der Waals surface area (Å²) in [5.41, 5.74) is 1.97. The van der Waals surface area contributed by atoms with Crippen molar-refractivity contribution in [3.63, 3.8) is 0 Å². The summed E-state index contributed by atoms with van der Waals surface area (Å²) in [6.45, 7) is 5.60. The molecule has 3 aromatic rings. The number of aliphatic hydroxyl groups is 1. The highest BCUT2D eigenvalue weighted by molar-refractivity contribution is 7.97. The maximum atomic E-state index is 13.5. The molecule has 30 heavy (non-hydrogen) atoms. The van der Waals surface area contributed by atoms with E-state index in [1.54, 1.807) is 18.1 Å². The van der Waals surface area contributed by atoms with Crippen molar-refractivity contribution in [1.82, 2.24) is 14.3 Å². The van der Waals surface area contributed by atoms with Gasteiger partial charge in [-0.05, 0) is 61.2 Å². The molecule has 8 heteroatoms. The van der Waals surface area contributed by atoms with E-state index in [0.29, 0.717) is 22.1 Å². The topological polar surface area (TPSA) is 52.1 Å². The van der Waals surface area contributed by atoms with Crippen LogP contribution >= 0.6 is 23.5 Å². The van der Waals surface area contributed by atoms with Gasteiger partial charge in [0.15, 0.2) is 11.6 Å².